The van der Waals surface area contributed by atoms with Crippen LogP contribution in [0, 0.1) is 5.92 Å². The zero-order chi connectivity index (χ0) is 22.2. The van der Waals surface area contributed by atoms with Crippen molar-refractivity contribution in [2.24, 2.45) is 11.0 Å². The Morgan fingerprint density at radius 2 is 1.91 bits per heavy atom. The zero-order valence-electron chi connectivity index (χ0n) is 18.9. The lowest BCUT2D eigenvalue weighted by Gasteiger charge is -2.29. The molecule has 32 heavy (non-hydrogen) atoms. The number of rotatable bonds is 9. The Bertz CT molecular complexity index is 940. The number of carbonyl (C=O) groups is 1. The smallest absolute Gasteiger partial charge is 0.257 e. The second-order valence-corrected chi connectivity index (χ2v) is 8.39. The Balaban J connectivity index is 1.55. The van der Waals surface area contributed by atoms with Crippen LogP contribution in [0.5, 0.6) is 0 Å². The van der Waals surface area contributed by atoms with E-state index in [-0.39, 0.29) is 24.4 Å². The Hall–Kier alpha value is -2.76. The molecule has 0 aromatic heterocycles. The van der Waals surface area contributed by atoms with Crippen molar-refractivity contribution in [3.05, 3.63) is 77.4 Å². The molecule has 1 aliphatic heterocycles. The summed E-state index contributed by atoms with van der Waals surface area (Å²) in [6.45, 7) is 4.48. The van der Waals surface area contributed by atoms with E-state index in [1.165, 1.54) is 11.1 Å². The number of hydrogen-bond donors (Lipinski definition) is 1. The van der Waals surface area contributed by atoms with E-state index in [9.17, 15) is 4.79 Å². The highest BCUT2D eigenvalue weighted by molar-refractivity contribution is 6.08. The van der Waals surface area contributed by atoms with Gasteiger partial charge in [0.25, 0.3) is 5.91 Å². The number of fused-ring (bicyclic) bond motifs is 1. The normalized spacial score (nSPS) is 21.5. The number of nitrogens with one attached hydrogen (secondary N) is 1. The van der Waals surface area contributed by atoms with Crippen LogP contribution in [0.15, 0.2) is 71.3 Å². The number of allylic oxidation sites excluding steroid dienone is 1. The van der Waals surface area contributed by atoms with E-state index in [1.54, 1.807) is 5.01 Å². The van der Waals surface area contributed by atoms with Crippen molar-refractivity contribution in [1.82, 2.24) is 10.3 Å². The molecule has 1 amide bonds. The van der Waals surface area contributed by atoms with Crippen LogP contribution < -0.4 is 5.32 Å². The van der Waals surface area contributed by atoms with Crippen molar-refractivity contribution in [2.45, 2.75) is 38.6 Å². The molecular formula is C27H33N3O2. The van der Waals surface area contributed by atoms with Gasteiger partial charge in [-0.05, 0) is 61.9 Å². The Morgan fingerprint density at radius 3 is 2.66 bits per heavy atom. The maximum atomic E-state index is 13.2. The molecule has 0 radical (unpaired) electrons. The number of hydrogen-bond acceptors (Lipinski definition) is 4. The van der Waals surface area contributed by atoms with E-state index >= 15 is 0 Å². The van der Waals surface area contributed by atoms with Crippen LogP contribution in [-0.4, -0.2) is 42.9 Å². The molecule has 1 heterocycles. The SMILES string of the molecule is CCOCCCNCC(=O)N1N=C2/C(=C/c3ccccc3)CCCC2C1c1ccccc1. The zero-order valence-corrected chi connectivity index (χ0v) is 18.9. The predicted octanol–water partition coefficient (Wildman–Crippen LogP) is 4.83. The van der Waals surface area contributed by atoms with Crippen molar-refractivity contribution in [3.8, 4) is 0 Å². The summed E-state index contributed by atoms with van der Waals surface area (Å²) in [5.41, 5.74) is 4.68. The standard InChI is InChI=1S/C27H33N3O2/c1-2-32-18-10-17-28-20-25(31)30-27(22-13-7-4-8-14-22)24-16-9-15-23(26(24)29-30)19-21-11-5-3-6-12-21/h3-8,11-14,19,24,27-28H,2,9-10,15-18,20H2,1H3/b23-19+. The summed E-state index contributed by atoms with van der Waals surface area (Å²) in [7, 11) is 0. The average Bonchev–Trinajstić information content (AvgIpc) is 3.23. The molecule has 0 bridgehead atoms. The van der Waals surface area contributed by atoms with Gasteiger partial charge >= 0.3 is 0 Å². The van der Waals surface area contributed by atoms with Crippen molar-refractivity contribution in [1.29, 1.82) is 0 Å². The monoisotopic (exact) mass is 431 g/mol. The molecule has 0 saturated heterocycles. The topological polar surface area (TPSA) is 53.9 Å². The quantitative estimate of drug-likeness (QED) is 0.579. The molecule has 2 aliphatic rings. The van der Waals surface area contributed by atoms with Crippen molar-refractivity contribution >= 4 is 17.7 Å². The average molecular weight is 432 g/mol. The fraction of sp³-hybridized carbons (Fsp3) is 0.407. The second kappa shape index (κ2) is 11.2. The first-order valence-electron chi connectivity index (χ1n) is 11.8. The molecule has 1 N–H and O–H groups in total. The highest BCUT2D eigenvalue weighted by Crippen LogP contribution is 2.44. The number of ether oxygens (including phenoxy) is 1. The number of hydrazone groups is 1. The summed E-state index contributed by atoms with van der Waals surface area (Å²) in [5, 5.41) is 9.96. The van der Waals surface area contributed by atoms with E-state index < -0.39 is 0 Å². The van der Waals surface area contributed by atoms with Gasteiger partial charge < -0.3 is 10.1 Å². The van der Waals surface area contributed by atoms with E-state index in [0.717, 1.165) is 50.1 Å². The highest BCUT2D eigenvalue weighted by atomic mass is 16.5. The maximum absolute atomic E-state index is 13.2. The molecule has 2 aromatic carbocycles. The molecule has 1 fully saturated rings. The van der Waals surface area contributed by atoms with Gasteiger partial charge in [-0.3, -0.25) is 4.79 Å². The second-order valence-electron chi connectivity index (χ2n) is 8.39. The molecule has 5 nitrogen and oxygen atoms in total. The van der Waals surface area contributed by atoms with Gasteiger partial charge in [-0.2, -0.15) is 5.10 Å². The fourth-order valence-electron chi connectivity index (χ4n) is 4.66. The number of nitrogens with zero attached hydrogens (tertiary/aromatic N) is 2. The third kappa shape index (κ3) is 5.34. The minimum atomic E-state index is -0.0385. The Kier molecular flexibility index (Phi) is 7.86. The van der Waals surface area contributed by atoms with E-state index in [4.69, 9.17) is 9.84 Å². The molecule has 0 spiro atoms. The molecule has 168 valence electrons. The van der Waals surface area contributed by atoms with Gasteiger partial charge in [0.1, 0.15) is 0 Å². The van der Waals surface area contributed by atoms with Crippen molar-refractivity contribution in [3.63, 3.8) is 0 Å². The fourth-order valence-corrected chi connectivity index (χ4v) is 4.66. The van der Waals surface area contributed by atoms with Crippen LogP contribution in [0.2, 0.25) is 0 Å². The van der Waals surface area contributed by atoms with Gasteiger partial charge in [0, 0.05) is 19.1 Å². The predicted molar refractivity (Wildman–Crippen MR) is 129 cm³/mol. The molecule has 1 saturated carbocycles. The van der Waals surface area contributed by atoms with Gasteiger partial charge in [0.05, 0.1) is 18.3 Å². The summed E-state index contributed by atoms with van der Waals surface area (Å²) in [6, 6.07) is 20.7. The maximum Gasteiger partial charge on any atom is 0.257 e. The third-order valence-electron chi connectivity index (χ3n) is 6.16. The first-order valence-corrected chi connectivity index (χ1v) is 11.8. The van der Waals surface area contributed by atoms with Gasteiger partial charge in [-0.15, -0.1) is 0 Å². The van der Waals surface area contributed by atoms with Crippen LogP contribution in [0.4, 0.5) is 0 Å². The largest absolute Gasteiger partial charge is 0.382 e. The number of benzene rings is 2. The summed E-state index contributed by atoms with van der Waals surface area (Å²) in [4.78, 5) is 13.2. The summed E-state index contributed by atoms with van der Waals surface area (Å²) < 4.78 is 5.38. The lowest BCUT2D eigenvalue weighted by molar-refractivity contribution is -0.132. The van der Waals surface area contributed by atoms with Crippen LogP contribution in [0.1, 0.15) is 49.8 Å². The molecule has 1 aliphatic carbocycles. The van der Waals surface area contributed by atoms with Crippen LogP contribution >= 0.6 is 0 Å². The summed E-state index contributed by atoms with van der Waals surface area (Å²) >= 11 is 0. The van der Waals surface area contributed by atoms with Crippen molar-refractivity contribution in [2.75, 3.05) is 26.3 Å². The summed E-state index contributed by atoms with van der Waals surface area (Å²) in [5.74, 6) is 0.263. The van der Waals surface area contributed by atoms with E-state index in [1.807, 2.05) is 31.2 Å². The first kappa shape index (κ1) is 22.4. The third-order valence-corrected chi connectivity index (χ3v) is 6.16. The molecule has 2 unspecified atom stereocenters. The summed E-state index contributed by atoms with van der Waals surface area (Å²) in [6.07, 6.45) is 6.31. The first-order chi connectivity index (χ1) is 15.8. The van der Waals surface area contributed by atoms with Gasteiger partial charge in [0.15, 0.2) is 0 Å². The van der Waals surface area contributed by atoms with Gasteiger partial charge in [-0.1, -0.05) is 60.7 Å². The number of carbonyl (C=O) groups excluding carboxylic acids is 1. The van der Waals surface area contributed by atoms with Crippen LogP contribution in [0.25, 0.3) is 6.08 Å². The van der Waals surface area contributed by atoms with Gasteiger partial charge in [0.2, 0.25) is 0 Å². The van der Waals surface area contributed by atoms with Crippen molar-refractivity contribution < 1.29 is 9.53 Å². The molecule has 2 aromatic rings. The Labute approximate surface area is 191 Å². The van der Waals surface area contributed by atoms with E-state index in [0.29, 0.717) is 6.61 Å². The van der Waals surface area contributed by atoms with Crippen LogP contribution in [0.3, 0.4) is 0 Å². The number of amides is 1. The minimum Gasteiger partial charge on any atom is -0.382 e. The minimum absolute atomic E-state index is 0.0243. The molecule has 2 atom stereocenters. The van der Waals surface area contributed by atoms with Gasteiger partial charge in [-0.25, -0.2) is 5.01 Å². The lowest BCUT2D eigenvalue weighted by Crippen LogP contribution is -2.37. The van der Waals surface area contributed by atoms with Crippen LogP contribution in [-0.2, 0) is 9.53 Å². The molecule has 4 rings (SSSR count). The highest BCUT2D eigenvalue weighted by Gasteiger charge is 2.43. The van der Waals surface area contributed by atoms with E-state index in [2.05, 4.69) is 47.8 Å². The molecule has 5 heteroatoms. The lowest BCUT2D eigenvalue weighted by atomic mass is 9.77. The molecular weight excluding hydrogens is 398 g/mol. The Morgan fingerprint density at radius 1 is 1.16 bits per heavy atom.